The predicted molar refractivity (Wildman–Crippen MR) is 92.8 cm³/mol. The molecule has 126 valence electrons. The second-order valence-corrected chi connectivity index (χ2v) is 5.10. The molecular formula is C20H22O4. The van der Waals surface area contributed by atoms with Gasteiger partial charge in [-0.15, -0.1) is 0 Å². The van der Waals surface area contributed by atoms with Gasteiger partial charge >= 0.3 is 11.9 Å². The molecule has 4 heteroatoms. The van der Waals surface area contributed by atoms with Crippen LogP contribution >= 0.6 is 0 Å². The fourth-order valence-electron chi connectivity index (χ4n) is 1.75. The van der Waals surface area contributed by atoms with Crippen molar-refractivity contribution in [2.45, 2.75) is 39.9 Å². The summed E-state index contributed by atoms with van der Waals surface area (Å²) in [6.07, 6.45) is 5.23. The van der Waals surface area contributed by atoms with Crippen LogP contribution in [0.15, 0.2) is 54.1 Å². The van der Waals surface area contributed by atoms with Crippen LogP contribution in [0.25, 0.3) is 0 Å². The molecule has 0 aliphatic rings. The Bertz CT molecular complexity index is 660. The van der Waals surface area contributed by atoms with Gasteiger partial charge in [-0.25, -0.2) is 9.59 Å². The summed E-state index contributed by atoms with van der Waals surface area (Å²) in [5, 5.41) is 0. The lowest BCUT2D eigenvalue weighted by Crippen LogP contribution is -2.11. The van der Waals surface area contributed by atoms with E-state index in [1.54, 1.807) is 13.0 Å². The number of allylic oxidation sites excluding steroid dienone is 3. The third-order valence-electron chi connectivity index (χ3n) is 2.89. The largest absolute Gasteiger partial charge is 0.451 e. The zero-order valence-electron chi connectivity index (χ0n) is 14.2. The van der Waals surface area contributed by atoms with Gasteiger partial charge < -0.3 is 9.47 Å². The highest BCUT2D eigenvalue weighted by Crippen LogP contribution is 2.01. The molecule has 0 radical (unpaired) electrons. The van der Waals surface area contributed by atoms with Gasteiger partial charge in [0, 0.05) is 12.0 Å². The zero-order chi connectivity index (χ0) is 17.8. The summed E-state index contributed by atoms with van der Waals surface area (Å²) in [6.45, 7) is 5.68. The van der Waals surface area contributed by atoms with E-state index in [2.05, 4.69) is 11.8 Å². The summed E-state index contributed by atoms with van der Waals surface area (Å²) in [7, 11) is 0. The average Bonchev–Trinajstić information content (AvgIpc) is 2.57. The van der Waals surface area contributed by atoms with E-state index in [9.17, 15) is 9.59 Å². The van der Waals surface area contributed by atoms with Gasteiger partial charge in [0.25, 0.3) is 0 Å². The molecule has 4 nitrogen and oxygen atoms in total. The number of esters is 2. The summed E-state index contributed by atoms with van der Waals surface area (Å²) in [5.74, 6) is 3.71. The van der Waals surface area contributed by atoms with Gasteiger partial charge in [0.05, 0.1) is 0 Å². The van der Waals surface area contributed by atoms with Crippen molar-refractivity contribution in [3.8, 4) is 11.8 Å². The van der Waals surface area contributed by atoms with Crippen molar-refractivity contribution in [3.05, 3.63) is 59.7 Å². The van der Waals surface area contributed by atoms with E-state index >= 15 is 0 Å². The molecule has 1 aromatic carbocycles. The highest BCUT2D eigenvalue weighted by atomic mass is 16.5. The Balaban J connectivity index is 2.40. The Hall–Kier alpha value is -2.80. The quantitative estimate of drug-likeness (QED) is 0.264. The monoisotopic (exact) mass is 326 g/mol. The number of ether oxygens (including phenoxy) is 2. The molecule has 0 fully saturated rings. The molecular weight excluding hydrogens is 304 g/mol. The van der Waals surface area contributed by atoms with Crippen molar-refractivity contribution in [2.24, 2.45) is 0 Å². The molecule has 0 aliphatic heterocycles. The number of carbonyl (C=O) groups excluding carboxylic acids is 2. The molecule has 0 aromatic heterocycles. The second-order valence-electron chi connectivity index (χ2n) is 5.10. The van der Waals surface area contributed by atoms with Gasteiger partial charge in [-0.2, -0.15) is 0 Å². The number of hydrogen-bond acceptors (Lipinski definition) is 4. The first-order valence-corrected chi connectivity index (χ1v) is 7.79. The number of rotatable bonds is 6. The fourth-order valence-corrected chi connectivity index (χ4v) is 1.75. The van der Waals surface area contributed by atoms with Crippen LogP contribution in [-0.4, -0.2) is 18.0 Å². The molecule has 0 amide bonds. The minimum atomic E-state index is -0.693. The van der Waals surface area contributed by atoms with Gasteiger partial charge in [0.15, 0.2) is 6.10 Å². The van der Waals surface area contributed by atoms with Crippen LogP contribution in [0.4, 0.5) is 0 Å². The van der Waals surface area contributed by atoms with Crippen LogP contribution in [-0.2, 0) is 25.7 Å². The molecule has 1 aromatic rings. The molecule has 24 heavy (non-hydrogen) atoms. The van der Waals surface area contributed by atoms with Gasteiger partial charge in [0.2, 0.25) is 0 Å². The maximum atomic E-state index is 11.6. The van der Waals surface area contributed by atoms with Crippen LogP contribution in [0, 0.1) is 11.8 Å². The van der Waals surface area contributed by atoms with E-state index in [-0.39, 0.29) is 6.61 Å². The first-order chi connectivity index (χ1) is 11.5. The summed E-state index contributed by atoms with van der Waals surface area (Å²) < 4.78 is 10.1. The minimum Gasteiger partial charge on any atom is -0.451 e. The Morgan fingerprint density at radius 2 is 1.92 bits per heavy atom. The number of hydrogen-bond donors (Lipinski definition) is 0. The lowest BCUT2D eigenvalue weighted by Gasteiger charge is -2.04. The lowest BCUT2D eigenvalue weighted by atomic mass is 10.2. The molecule has 0 saturated carbocycles. The Labute approximate surface area is 143 Å². The van der Waals surface area contributed by atoms with Crippen molar-refractivity contribution in [3.63, 3.8) is 0 Å². The Morgan fingerprint density at radius 1 is 1.21 bits per heavy atom. The summed E-state index contributed by atoms with van der Waals surface area (Å²) >= 11 is 0. The van der Waals surface area contributed by atoms with Crippen LogP contribution < -0.4 is 0 Å². The summed E-state index contributed by atoms with van der Waals surface area (Å²) in [4.78, 5) is 23.1. The third-order valence-corrected chi connectivity index (χ3v) is 2.89. The maximum Gasteiger partial charge on any atom is 0.384 e. The summed E-state index contributed by atoms with van der Waals surface area (Å²) in [6, 6.07) is 9.32. The molecule has 0 saturated heterocycles. The first-order valence-electron chi connectivity index (χ1n) is 7.79. The number of benzene rings is 1. The highest BCUT2D eigenvalue weighted by molar-refractivity contribution is 5.88. The Kier molecular flexibility index (Phi) is 8.70. The molecule has 1 atom stereocenters. The van der Waals surface area contributed by atoms with Gasteiger partial charge in [0.1, 0.15) is 6.61 Å². The van der Waals surface area contributed by atoms with Crippen LogP contribution in [0.2, 0.25) is 0 Å². The maximum absolute atomic E-state index is 11.6. The molecule has 0 heterocycles. The molecule has 0 aliphatic carbocycles. The van der Waals surface area contributed by atoms with Crippen molar-refractivity contribution >= 4 is 11.9 Å². The fraction of sp³-hybridized carbons (Fsp3) is 0.300. The summed E-state index contributed by atoms with van der Waals surface area (Å²) in [5.41, 5.74) is 1.87. The highest BCUT2D eigenvalue weighted by Gasteiger charge is 2.04. The van der Waals surface area contributed by atoms with Crippen molar-refractivity contribution in [1.29, 1.82) is 0 Å². The van der Waals surface area contributed by atoms with E-state index in [1.165, 1.54) is 6.08 Å². The second kappa shape index (κ2) is 10.8. The normalized spacial score (nSPS) is 12.2. The van der Waals surface area contributed by atoms with Gasteiger partial charge in [-0.3, -0.25) is 0 Å². The van der Waals surface area contributed by atoms with E-state index in [1.807, 2.05) is 50.3 Å². The van der Waals surface area contributed by atoms with Crippen LogP contribution in [0.1, 0.15) is 32.8 Å². The first kappa shape index (κ1) is 19.2. The van der Waals surface area contributed by atoms with Gasteiger partial charge in [-0.1, -0.05) is 55.0 Å². The smallest absolute Gasteiger partial charge is 0.384 e. The van der Waals surface area contributed by atoms with E-state index in [4.69, 9.17) is 9.47 Å². The molecule has 0 bridgehead atoms. The predicted octanol–water partition coefficient (Wildman–Crippen LogP) is 3.58. The topological polar surface area (TPSA) is 52.6 Å². The minimum absolute atomic E-state index is 0.161. The van der Waals surface area contributed by atoms with Crippen LogP contribution in [0.5, 0.6) is 0 Å². The van der Waals surface area contributed by atoms with Crippen molar-refractivity contribution in [2.75, 3.05) is 0 Å². The SMILES string of the molecule is CC/C=C(C)/C=C/C(=O)OC(C)C#CC(=O)OCc1ccccc1. The van der Waals surface area contributed by atoms with Crippen molar-refractivity contribution in [1.82, 2.24) is 0 Å². The number of carbonyl (C=O) groups is 2. The van der Waals surface area contributed by atoms with E-state index < -0.39 is 18.0 Å². The van der Waals surface area contributed by atoms with Crippen LogP contribution in [0.3, 0.4) is 0 Å². The molecule has 0 N–H and O–H groups in total. The lowest BCUT2D eigenvalue weighted by molar-refractivity contribution is -0.140. The Morgan fingerprint density at radius 3 is 2.58 bits per heavy atom. The zero-order valence-corrected chi connectivity index (χ0v) is 14.2. The standard InChI is InChI=1S/C20H22O4/c1-4-8-16(2)11-13-20(22)24-17(3)12-14-19(21)23-15-18-9-6-5-7-10-18/h5-11,13,17H,4,15H2,1-3H3/b13-11+,16-8+. The van der Waals surface area contributed by atoms with E-state index in [0.717, 1.165) is 17.6 Å². The average molecular weight is 326 g/mol. The molecule has 1 unspecified atom stereocenters. The van der Waals surface area contributed by atoms with Gasteiger partial charge in [-0.05, 0) is 31.8 Å². The third kappa shape index (κ3) is 8.60. The van der Waals surface area contributed by atoms with Crippen molar-refractivity contribution < 1.29 is 19.1 Å². The molecule has 1 rings (SSSR count). The van der Waals surface area contributed by atoms with E-state index in [0.29, 0.717) is 0 Å². The molecule has 0 spiro atoms.